The second-order valence-electron chi connectivity index (χ2n) is 1.54. The lowest BCUT2D eigenvalue weighted by Gasteiger charge is -1.89. The van der Waals surface area contributed by atoms with Crippen LogP contribution in [-0.2, 0) is 4.79 Å². The Hall–Kier alpha value is -1.25. The van der Waals surface area contributed by atoms with E-state index in [1.54, 1.807) is 0 Å². The number of hydrogen-bond donors (Lipinski definition) is 2. The molecule has 0 aliphatic heterocycles. The van der Waals surface area contributed by atoms with Gasteiger partial charge in [-0.2, -0.15) is 0 Å². The molecule has 0 heterocycles. The highest BCUT2D eigenvalue weighted by atomic mass is 16.1. The topological polar surface area (TPSA) is 69.1 Å². The Labute approximate surface area is 54.0 Å². The minimum Gasteiger partial charge on any atom is -0.405 e. The molecule has 0 saturated carbocycles. The molecule has 0 radical (unpaired) electrons. The molecule has 0 rings (SSSR count). The monoisotopic (exact) mass is 126 g/mol. The van der Waals surface area contributed by atoms with Gasteiger partial charge in [-0.05, 0) is 19.2 Å². The van der Waals surface area contributed by atoms with Crippen molar-refractivity contribution in [3.8, 4) is 0 Å². The zero-order chi connectivity index (χ0) is 7.28. The number of allylic oxidation sites excluding steroid dienone is 2. The fourth-order valence-corrected chi connectivity index (χ4v) is 0.394. The van der Waals surface area contributed by atoms with Crippen LogP contribution in [0, 0.1) is 0 Å². The Morgan fingerprint density at radius 2 is 2.00 bits per heavy atom. The smallest absolute Gasteiger partial charge is 0.161 e. The molecule has 9 heavy (non-hydrogen) atoms. The van der Waals surface area contributed by atoms with Crippen molar-refractivity contribution in [3.05, 3.63) is 24.0 Å². The van der Waals surface area contributed by atoms with Gasteiger partial charge in [0, 0.05) is 11.8 Å². The molecule has 0 aromatic carbocycles. The summed E-state index contributed by atoms with van der Waals surface area (Å²) in [7, 11) is 0. The molecule has 0 saturated heterocycles. The summed E-state index contributed by atoms with van der Waals surface area (Å²) in [4.78, 5) is 10.5. The molecule has 0 fully saturated rings. The number of carbonyl (C=O) groups is 1. The first kappa shape index (κ1) is 7.75. The van der Waals surface area contributed by atoms with Gasteiger partial charge in [0.2, 0.25) is 0 Å². The van der Waals surface area contributed by atoms with Crippen molar-refractivity contribution in [1.82, 2.24) is 0 Å². The number of Topliss-reactive ketones (excluding diaryl/α,β-unsaturated/α-hetero) is 1. The molecule has 0 atom stereocenters. The van der Waals surface area contributed by atoms with Crippen LogP contribution in [0.5, 0.6) is 0 Å². The standard InChI is InChI=1S/C6H10N2O/c1-5(9)6(4-8)2-3-7/h2-4H,7-8H2,1H3/b3-2-,6-4+. The SMILES string of the molecule is CC(=O)C(/C=C\N)=C/N. The van der Waals surface area contributed by atoms with Crippen molar-refractivity contribution < 1.29 is 4.79 Å². The summed E-state index contributed by atoms with van der Waals surface area (Å²) in [5.41, 5.74) is 10.5. The van der Waals surface area contributed by atoms with Crippen molar-refractivity contribution in [3.63, 3.8) is 0 Å². The number of nitrogens with two attached hydrogens (primary N) is 2. The predicted octanol–water partition coefficient (Wildman–Crippen LogP) is -0.110. The normalized spacial score (nSPS) is 12.3. The van der Waals surface area contributed by atoms with Gasteiger partial charge in [-0.1, -0.05) is 0 Å². The van der Waals surface area contributed by atoms with E-state index in [0.717, 1.165) is 0 Å². The molecule has 0 bridgehead atoms. The van der Waals surface area contributed by atoms with Gasteiger partial charge in [0.05, 0.1) is 0 Å². The second-order valence-corrected chi connectivity index (χ2v) is 1.54. The van der Waals surface area contributed by atoms with E-state index in [-0.39, 0.29) is 5.78 Å². The summed E-state index contributed by atoms with van der Waals surface area (Å²) < 4.78 is 0. The van der Waals surface area contributed by atoms with Crippen molar-refractivity contribution in [1.29, 1.82) is 0 Å². The maximum atomic E-state index is 10.5. The zero-order valence-electron chi connectivity index (χ0n) is 5.29. The highest BCUT2D eigenvalue weighted by molar-refractivity contribution is 5.95. The third kappa shape index (κ3) is 2.54. The van der Waals surface area contributed by atoms with Gasteiger partial charge in [0.25, 0.3) is 0 Å². The molecular formula is C6H10N2O. The first-order chi connectivity index (χ1) is 4.22. The van der Waals surface area contributed by atoms with Crippen LogP contribution in [0.15, 0.2) is 24.0 Å². The molecule has 3 heteroatoms. The van der Waals surface area contributed by atoms with Crippen LogP contribution in [0.2, 0.25) is 0 Å². The third-order valence-electron chi connectivity index (χ3n) is 0.862. The Bertz CT molecular complexity index is 158. The van der Waals surface area contributed by atoms with Gasteiger partial charge in [-0.25, -0.2) is 0 Å². The summed E-state index contributed by atoms with van der Waals surface area (Å²) in [5.74, 6) is -0.0841. The Morgan fingerprint density at radius 3 is 2.11 bits per heavy atom. The van der Waals surface area contributed by atoms with E-state index >= 15 is 0 Å². The number of rotatable bonds is 2. The zero-order valence-corrected chi connectivity index (χ0v) is 5.29. The summed E-state index contributed by atoms with van der Waals surface area (Å²) in [6.45, 7) is 1.43. The Kier molecular flexibility index (Phi) is 3.20. The molecule has 0 spiro atoms. The van der Waals surface area contributed by atoms with Crippen LogP contribution in [0.3, 0.4) is 0 Å². The lowest BCUT2D eigenvalue weighted by Crippen LogP contribution is -1.97. The first-order valence-corrected chi connectivity index (χ1v) is 2.53. The molecule has 0 unspecified atom stereocenters. The molecule has 4 N–H and O–H groups in total. The summed E-state index contributed by atoms with van der Waals surface area (Å²) in [6, 6.07) is 0. The van der Waals surface area contributed by atoms with Crippen LogP contribution in [0.1, 0.15) is 6.92 Å². The van der Waals surface area contributed by atoms with E-state index in [1.165, 1.54) is 25.4 Å². The van der Waals surface area contributed by atoms with Crippen molar-refractivity contribution in [2.45, 2.75) is 6.92 Å². The number of carbonyl (C=O) groups excluding carboxylic acids is 1. The van der Waals surface area contributed by atoms with Gasteiger partial charge in [0.15, 0.2) is 5.78 Å². The minimum absolute atomic E-state index is 0.0841. The van der Waals surface area contributed by atoms with Crippen molar-refractivity contribution in [2.75, 3.05) is 0 Å². The lowest BCUT2D eigenvalue weighted by atomic mass is 10.2. The van der Waals surface area contributed by atoms with E-state index in [1.807, 2.05) is 0 Å². The Morgan fingerprint density at radius 1 is 1.44 bits per heavy atom. The molecule has 50 valence electrons. The van der Waals surface area contributed by atoms with E-state index in [4.69, 9.17) is 11.5 Å². The molecule has 0 aliphatic rings. The first-order valence-electron chi connectivity index (χ1n) is 2.53. The average Bonchev–Trinajstić information content (AvgIpc) is 1.82. The lowest BCUT2D eigenvalue weighted by molar-refractivity contribution is -0.113. The van der Waals surface area contributed by atoms with Gasteiger partial charge in [0.1, 0.15) is 0 Å². The molecule has 0 aliphatic carbocycles. The van der Waals surface area contributed by atoms with Crippen LogP contribution in [-0.4, -0.2) is 5.78 Å². The summed E-state index contributed by atoms with van der Waals surface area (Å²) >= 11 is 0. The van der Waals surface area contributed by atoms with Crippen molar-refractivity contribution >= 4 is 5.78 Å². The van der Waals surface area contributed by atoms with E-state index in [2.05, 4.69) is 0 Å². The van der Waals surface area contributed by atoms with Crippen LogP contribution >= 0.6 is 0 Å². The third-order valence-corrected chi connectivity index (χ3v) is 0.862. The van der Waals surface area contributed by atoms with Crippen LogP contribution in [0.25, 0.3) is 0 Å². The molecular weight excluding hydrogens is 116 g/mol. The second kappa shape index (κ2) is 3.72. The largest absolute Gasteiger partial charge is 0.405 e. The van der Waals surface area contributed by atoms with Gasteiger partial charge in [-0.15, -0.1) is 0 Å². The van der Waals surface area contributed by atoms with Gasteiger partial charge in [-0.3, -0.25) is 4.79 Å². The number of ketones is 1. The summed E-state index contributed by atoms with van der Waals surface area (Å²) in [5, 5.41) is 0. The van der Waals surface area contributed by atoms with Gasteiger partial charge < -0.3 is 11.5 Å². The minimum atomic E-state index is -0.0841. The highest BCUT2D eigenvalue weighted by Gasteiger charge is 1.94. The van der Waals surface area contributed by atoms with Crippen LogP contribution < -0.4 is 11.5 Å². The quantitative estimate of drug-likeness (QED) is 0.400. The predicted molar refractivity (Wildman–Crippen MR) is 36.3 cm³/mol. The van der Waals surface area contributed by atoms with E-state index in [0.29, 0.717) is 5.57 Å². The maximum Gasteiger partial charge on any atom is 0.161 e. The molecule has 0 amide bonds. The maximum absolute atomic E-state index is 10.5. The molecule has 3 nitrogen and oxygen atoms in total. The number of hydrogen-bond acceptors (Lipinski definition) is 3. The summed E-state index contributed by atoms with van der Waals surface area (Å²) in [6.07, 6.45) is 3.97. The molecule has 0 aromatic heterocycles. The van der Waals surface area contributed by atoms with E-state index in [9.17, 15) is 4.79 Å². The van der Waals surface area contributed by atoms with E-state index < -0.39 is 0 Å². The fraction of sp³-hybridized carbons (Fsp3) is 0.167. The van der Waals surface area contributed by atoms with Crippen molar-refractivity contribution in [2.24, 2.45) is 11.5 Å². The highest BCUT2D eigenvalue weighted by Crippen LogP contribution is 1.93. The molecule has 0 aromatic rings. The van der Waals surface area contributed by atoms with Gasteiger partial charge >= 0.3 is 0 Å². The van der Waals surface area contributed by atoms with Crippen LogP contribution in [0.4, 0.5) is 0 Å². The Balaban J connectivity index is 4.19. The fourth-order valence-electron chi connectivity index (χ4n) is 0.394. The average molecular weight is 126 g/mol.